The maximum atomic E-state index is 11.8. The molecule has 1 aliphatic rings. The number of carbonyl (C=O) groups excluding carboxylic acids is 1. The van der Waals surface area contributed by atoms with E-state index in [4.69, 9.17) is 14.2 Å². The molecule has 0 aromatic heterocycles. The van der Waals surface area contributed by atoms with Gasteiger partial charge in [0, 0.05) is 27.3 Å². The Morgan fingerprint density at radius 2 is 1.85 bits per heavy atom. The predicted molar refractivity (Wildman–Crippen MR) is 73.0 cm³/mol. The summed E-state index contributed by atoms with van der Waals surface area (Å²) in [5.74, 6) is -0.156. The Hall–Kier alpha value is -1.17. The minimum Gasteiger partial charge on any atom is -0.465 e. The Morgan fingerprint density at radius 3 is 2.30 bits per heavy atom. The van der Waals surface area contributed by atoms with Gasteiger partial charge in [0.25, 0.3) is 0 Å². The van der Waals surface area contributed by atoms with Crippen molar-refractivity contribution in [1.82, 2.24) is 4.90 Å². The lowest BCUT2D eigenvalue weighted by Gasteiger charge is -2.28. The topological polar surface area (TPSA) is 93.1 Å². The summed E-state index contributed by atoms with van der Waals surface area (Å²) in [5, 5.41) is 8.82. The summed E-state index contributed by atoms with van der Waals surface area (Å²) in [6.07, 6.45) is 3.29. The lowest BCUT2D eigenvalue weighted by Crippen LogP contribution is -2.37. The lowest BCUT2D eigenvalue weighted by molar-refractivity contribution is -0.112. The average Bonchev–Trinajstić information content (AvgIpc) is 2.45. The van der Waals surface area contributed by atoms with Crippen LogP contribution in [-0.4, -0.2) is 55.4 Å². The third kappa shape index (κ3) is 5.07. The fourth-order valence-corrected chi connectivity index (χ4v) is 2.87. The number of carboxylic acid groups (broad SMARTS) is 1. The fraction of sp³-hybridized carbons (Fsp3) is 0.667. The minimum absolute atomic E-state index is 0.166. The molecule has 0 atom stereocenters. The van der Waals surface area contributed by atoms with E-state index in [2.05, 4.69) is 0 Å². The molecule has 0 radical (unpaired) electrons. The molecule has 1 aliphatic heterocycles. The number of hydrogen-bond donors (Lipinski definition) is 1. The van der Waals surface area contributed by atoms with Gasteiger partial charge in [-0.1, -0.05) is 6.08 Å². The molecular weight excluding hydrogens is 285 g/mol. The SMILES string of the molecule is COP(=O)(CC(=O)C=CC1CCN(C(=O)O)CC1)OC. The first-order chi connectivity index (χ1) is 9.40. The van der Waals surface area contributed by atoms with Crippen LogP contribution in [0.1, 0.15) is 12.8 Å². The second-order valence-corrected chi connectivity index (χ2v) is 6.83. The highest BCUT2D eigenvalue weighted by molar-refractivity contribution is 7.54. The molecule has 7 nitrogen and oxygen atoms in total. The van der Waals surface area contributed by atoms with Crippen molar-refractivity contribution in [3.05, 3.63) is 12.2 Å². The zero-order valence-corrected chi connectivity index (χ0v) is 12.5. The standard InChI is InChI=1S/C12H20NO6P/c1-18-20(17,19-2)9-11(14)4-3-10-5-7-13(8-6-10)12(15)16/h3-4,10H,5-9H2,1-2H3,(H,15,16). The van der Waals surface area contributed by atoms with E-state index in [9.17, 15) is 14.2 Å². The van der Waals surface area contributed by atoms with Gasteiger partial charge in [-0.3, -0.25) is 9.36 Å². The lowest BCUT2D eigenvalue weighted by atomic mass is 9.96. The zero-order valence-electron chi connectivity index (χ0n) is 11.7. The van der Waals surface area contributed by atoms with Gasteiger partial charge < -0.3 is 19.1 Å². The van der Waals surface area contributed by atoms with Crippen LogP contribution in [-0.2, 0) is 18.4 Å². The maximum absolute atomic E-state index is 11.8. The van der Waals surface area contributed by atoms with Crippen LogP contribution >= 0.6 is 7.60 Å². The molecule has 1 heterocycles. The molecule has 1 amide bonds. The van der Waals surface area contributed by atoms with Crippen molar-refractivity contribution >= 4 is 19.5 Å². The van der Waals surface area contributed by atoms with Crippen LogP contribution in [0.5, 0.6) is 0 Å². The molecule has 0 unspecified atom stereocenters. The second-order valence-electron chi connectivity index (χ2n) is 4.57. The number of likely N-dealkylation sites (tertiary alicyclic amines) is 1. The quantitative estimate of drug-likeness (QED) is 0.596. The van der Waals surface area contributed by atoms with Crippen LogP contribution in [0.4, 0.5) is 4.79 Å². The summed E-state index contributed by atoms with van der Waals surface area (Å²) >= 11 is 0. The summed E-state index contributed by atoms with van der Waals surface area (Å²) in [7, 11) is -0.839. The third-order valence-corrected chi connectivity index (χ3v) is 5.08. The zero-order chi connectivity index (χ0) is 15.2. The number of ketones is 1. The Labute approximate surface area is 118 Å². The van der Waals surface area contributed by atoms with Gasteiger partial charge in [-0.2, -0.15) is 0 Å². The van der Waals surface area contributed by atoms with E-state index in [1.54, 1.807) is 6.08 Å². The molecule has 0 bridgehead atoms. The van der Waals surface area contributed by atoms with Gasteiger partial charge >= 0.3 is 13.7 Å². The molecule has 0 aromatic carbocycles. The van der Waals surface area contributed by atoms with Crippen LogP contribution in [0.15, 0.2) is 12.2 Å². The van der Waals surface area contributed by atoms with Crippen molar-refractivity contribution in [2.24, 2.45) is 5.92 Å². The molecule has 114 valence electrons. The van der Waals surface area contributed by atoms with Crippen molar-refractivity contribution < 1.29 is 28.3 Å². The van der Waals surface area contributed by atoms with Crippen molar-refractivity contribution in [3.8, 4) is 0 Å². The van der Waals surface area contributed by atoms with Crippen LogP contribution in [0.25, 0.3) is 0 Å². The minimum atomic E-state index is -3.32. The normalized spacial score (nSPS) is 17.6. The molecule has 1 rings (SSSR count). The number of nitrogens with zero attached hydrogens (tertiary/aromatic N) is 1. The summed E-state index contributed by atoms with van der Waals surface area (Å²) in [5.41, 5.74) is 0. The first-order valence-electron chi connectivity index (χ1n) is 6.29. The van der Waals surface area contributed by atoms with E-state index >= 15 is 0 Å². The molecule has 20 heavy (non-hydrogen) atoms. The van der Waals surface area contributed by atoms with E-state index in [0.717, 1.165) is 0 Å². The molecule has 0 aromatic rings. The summed E-state index contributed by atoms with van der Waals surface area (Å²) in [4.78, 5) is 23.8. The van der Waals surface area contributed by atoms with E-state index in [0.29, 0.717) is 25.9 Å². The Morgan fingerprint density at radius 1 is 1.30 bits per heavy atom. The molecule has 1 saturated heterocycles. The summed E-state index contributed by atoms with van der Waals surface area (Å²) in [6.45, 7) is 0.931. The van der Waals surface area contributed by atoms with Gasteiger partial charge in [0.2, 0.25) is 0 Å². The molecule has 0 aliphatic carbocycles. The highest BCUT2D eigenvalue weighted by Crippen LogP contribution is 2.46. The Bertz CT molecular complexity index is 420. The number of rotatable bonds is 6. The molecule has 0 spiro atoms. The smallest absolute Gasteiger partial charge is 0.407 e. The molecule has 8 heteroatoms. The summed E-state index contributed by atoms with van der Waals surface area (Å²) < 4.78 is 21.2. The van der Waals surface area contributed by atoms with Gasteiger partial charge in [-0.05, 0) is 24.8 Å². The molecule has 0 saturated carbocycles. The molecule has 1 N–H and O–H groups in total. The van der Waals surface area contributed by atoms with Crippen LogP contribution < -0.4 is 0 Å². The van der Waals surface area contributed by atoms with Gasteiger partial charge in [0.1, 0.15) is 6.16 Å². The Balaban J connectivity index is 2.43. The van der Waals surface area contributed by atoms with Gasteiger partial charge in [0.15, 0.2) is 5.78 Å². The third-order valence-electron chi connectivity index (χ3n) is 3.27. The average molecular weight is 305 g/mol. The van der Waals surface area contributed by atoms with E-state index in [1.165, 1.54) is 25.2 Å². The number of carbonyl (C=O) groups is 2. The van der Waals surface area contributed by atoms with Gasteiger partial charge in [0.05, 0.1) is 0 Å². The van der Waals surface area contributed by atoms with Crippen LogP contribution in [0.3, 0.4) is 0 Å². The highest BCUT2D eigenvalue weighted by atomic mass is 31.2. The maximum Gasteiger partial charge on any atom is 0.407 e. The van der Waals surface area contributed by atoms with Crippen molar-refractivity contribution in [1.29, 1.82) is 0 Å². The van der Waals surface area contributed by atoms with Crippen LogP contribution in [0.2, 0.25) is 0 Å². The first kappa shape index (κ1) is 16.9. The molecular formula is C12H20NO6P. The number of allylic oxidation sites excluding steroid dienone is 2. The van der Waals surface area contributed by atoms with Gasteiger partial charge in [-0.15, -0.1) is 0 Å². The monoisotopic (exact) mass is 305 g/mol. The van der Waals surface area contributed by atoms with E-state index in [1.807, 2.05) is 0 Å². The van der Waals surface area contributed by atoms with E-state index in [-0.39, 0.29) is 17.9 Å². The summed E-state index contributed by atoms with van der Waals surface area (Å²) in [6, 6.07) is 0. The first-order valence-corrected chi connectivity index (χ1v) is 8.02. The number of amides is 1. The predicted octanol–water partition coefficient (Wildman–Crippen LogP) is 1.99. The second kappa shape index (κ2) is 7.57. The fourth-order valence-electron chi connectivity index (χ4n) is 1.97. The highest BCUT2D eigenvalue weighted by Gasteiger charge is 2.25. The molecule has 1 fully saturated rings. The van der Waals surface area contributed by atoms with Crippen molar-refractivity contribution in [3.63, 3.8) is 0 Å². The Kier molecular flexibility index (Phi) is 6.39. The van der Waals surface area contributed by atoms with Crippen molar-refractivity contribution in [2.75, 3.05) is 33.5 Å². The number of hydrogen-bond acceptors (Lipinski definition) is 5. The van der Waals surface area contributed by atoms with Crippen LogP contribution in [0, 0.1) is 5.92 Å². The largest absolute Gasteiger partial charge is 0.465 e. The van der Waals surface area contributed by atoms with Crippen molar-refractivity contribution in [2.45, 2.75) is 12.8 Å². The van der Waals surface area contributed by atoms with E-state index < -0.39 is 13.7 Å². The number of piperidine rings is 1. The van der Waals surface area contributed by atoms with Gasteiger partial charge in [-0.25, -0.2) is 4.79 Å².